The van der Waals surface area contributed by atoms with Crippen LogP contribution >= 0.6 is 0 Å². The van der Waals surface area contributed by atoms with E-state index in [1.54, 1.807) is 0 Å². The van der Waals surface area contributed by atoms with Gasteiger partial charge < -0.3 is 14.5 Å². The van der Waals surface area contributed by atoms with Gasteiger partial charge in [-0.15, -0.1) is 0 Å². The minimum Gasteiger partial charge on any atom is -0.444 e. The summed E-state index contributed by atoms with van der Waals surface area (Å²) < 4.78 is 10.9. The van der Waals surface area contributed by atoms with Gasteiger partial charge in [0.1, 0.15) is 6.26 Å². The zero-order valence-corrected chi connectivity index (χ0v) is 11.7. The van der Waals surface area contributed by atoms with Crippen LogP contribution in [0.5, 0.6) is 0 Å². The number of nitrogens with one attached hydrogen (secondary N) is 1. The Morgan fingerprint density at radius 2 is 2.19 bits per heavy atom. The summed E-state index contributed by atoms with van der Waals surface area (Å²) in [5.41, 5.74) is 1.54. The number of rotatable bonds is 5. The molecule has 5 heteroatoms. The van der Waals surface area contributed by atoms with Gasteiger partial charge in [0.05, 0.1) is 18.2 Å². The molecule has 1 aliphatic rings. The van der Waals surface area contributed by atoms with Crippen LogP contribution in [0.4, 0.5) is 0 Å². The monoisotopic (exact) mass is 286 g/mol. The molecular weight excluding hydrogens is 268 g/mol. The van der Waals surface area contributed by atoms with Crippen LogP contribution in [0.25, 0.3) is 11.5 Å². The van der Waals surface area contributed by atoms with E-state index in [9.17, 15) is 4.79 Å². The van der Waals surface area contributed by atoms with Gasteiger partial charge >= 0.3 is 0 Å². The Labute approximate surface area is 123 Å². The van der Waals surface area contributed by atoms with Crippen LogP contribution in [0, 0.1) is 0 Å². The van der Waals surface area contributed by atoms with E-state index in [0.29, 0.717) is 18.1 Å². The molecule has 0 spiro atoms. The molecule has 5 nitrogen and oxygen atoms in total. The third-order valence-corrected chi connectivity index (χ3v) is 3.47. The summed E-state index contributed by atoms with van der Waals surface area (Å²) in [5, 5.41) is 2.88. The number of aromatic nitrogens is 1. The number of amides is 1. The van der Waals surface area contributed by atoms with Crippen molar-refractivity contribution in [3.05, 3.63) is 42.3 Å². The Hall–Kier alpha value is -2.14. The average molecular weight is 286 g/mol. The smallest absolute Gasteiger partial charge is 0.226 e. The highest BCUT2D eigenvalue weighted by Crippen LogP contribution is 2.18. The first kappa shape index (κ1) is 13.8. The fraction of sp³-hybridized carbons (Fsp3) is 0.375. The van der Waals surface area contributed by atoms with Crippen molar-refractivity contribution in [3.63, 3.8) is 0 Å². The van der Waals surface area contributed by atoms with Gasteiger partial charge in [-0.3, -0.25) is 4.79 Å². The zero-order chi connectivity index (χ0) is 14.5. The van der Waals surface area contributed by atoms with E-state index >= 15 is 0 Å². The summed E-state index contributed by atoms with van der Waals surface area (Å²) in [6, 6.07) is 9.63. The molecule has 1 N–H and O–H groups in total. The molecule has 1 aromatic heterocycles. The number of benzene rings is 1. The van der Waals surface area contributed by atoms with Gasteiger partial charge in [0.25, 0.3) is 0 Å². The molecule has 1 amide bonds. The number of hydrogen-bond acceptors (Lipinski definition) is 4. The van der Waals surface area contributed by atoms with Crippen molar-refractivity contribution in [2.24, 2.45) is 0 Å². The predicted molar refractivity (Wildman–Crippen MR) is 77.6 cm³/mol. The van der Waals surface area contributed by atoms with E-state index in [0.717, 1.165) is 25.0 Å². The average Bonchev–Trinajstić information content (AvgIpc) is 3.17. The van der Waals surface area contributed by atoms with E-state index in [2.05, 4.69) is 10.3 Å². The highest BCUT2D eigenvalue weighted by molar-refractivity contribution is 5.78. The molecule has 0 saturated carbocycles. The quantitative estimate of drug-likeness (QED) is 0.915. The number of carbonyl (C=O) groups is 1. The lowest BCUT2D eigenvalue weighted by atomic mass is 10.2. The number of oxazole rings is 1. The van der Waals surface area contributed by atoms with Gasteiger partial charge in [-0.25, -0.2) is 4.98 Å². The Balaban J connectivity index is 1.53. The topological polar surface area (TPSA) is 64.4 Å². The highest BCUT2D eigenvalue weighted by Gasteiger charge is 2.17. The lowest BCUT2D eigenvalue weighted by Crippen LogP contribution is -2.32. The molecule has 1 saturated heterocycles. The molecule has 1 atom stereocenters. The first-order chi connectivity index (χ1) is 10.3. The van der Waals surface area contributed by atoms with Gasteiger partial charge in [-0.1, -0.05) is 18.2 Å². The fourth-order valence-electron chi connectivity index (χ4n) is 2.36. The molecule has 1 aromatic carbocycles. The van der Waals surface area contributed by atoms with E-state index < -0.39 is 0 Å². The van der Waals surface area contributed by atoms with Crippen molar-refractivity contribution in [2.75, 3.05) is 13.2 Å². The van der Waals surface area contributed by atoms with E-state index in [-0.39, 0.29) is 18.4 Å². The van der Waals surface area contributed by atoms with Crippen LogP contribution < -0.4 is 5.32 Å². The molecule has 1 unspecified atom stereocenters. The molecule has 2 heterocycles. The van der Waals surface area contributed by atoms with Crippen LogP contribution in [0.2, 0.25) is 0 Å². The molecule has 110 valence electrons. The van der Waals surface area contributed by atoms with Gasteiger partial charge in [0.15, 0.2) is 0 Å². The third-order valence-electron chi connectivity index (χ3n) is 3.47. The molecule has 0 bridgehead atoms. The predicted octanol–water partition coefficient (Wildman–Crippen LogP) is 2.18. The van der Waals surface area contributed by atoms with Gasteiger partial charge in [-0.2, -0.15) is 0 Å². The maximum atomic E-state index is 11.9. The third kappa shape index (κ3) is 3.70. The summed E-state index contributed by atoms with van der Waals surface area (Å²) in [4.78, 5) is 16.2. The van der Waals surface area contributed by atoms with Crippen molar-refractivity contribution in [2.45, 2.75) is 25.4 Å². The first-order valence-corrected chi connectivity index (χ1v) is 7.19. The fourth-order valence-corrected chi connectivity index (χ4v) is 2.36. The lowest BCUT2D eigenvalue weighted by molar-refractivity contribution is -0.121. The maximum Gasteiger partial charge on any atom is 0.226 e. The van der Waals surface area contributed by atoms with Crippen LogP contribution in [0.1, 0.15) is 18.5 Å². The molecule has 21 heavy (non-hydrogen) atoms. The zero-order valence-electron chi connectivity index (χ0n) is 11.7. The van der Waals surface area contributed by atoms with Gasteiger partial charge in [0, 0.05) is 18.7 Å². The highest BCUT2D eigenvalue weighted by atomic mass is 16.5. The number of ether oxygens (including phenoxy) is 1. The summed E-state index contributed by atoms with van der Waals surface area (Å²) in [6.07, 6.45) is 4.01. The Kier molecular flexibility index (Phi) is 4.31. The number of carbonyl (C=O) groups excluding carboxylic acids is 1. The second-order valence-electron chi connectivity index (χ2n) is 5.13. The summed E-state index contributed by atoms with van der Waals surface area (Å²) in [5.74, 6) is 0.482. The largest absolute Gasteiger partial charge is 0.444 e. The van der Waals surface area contributed by atoms with Gasteiger partial charge in [-0.05, 0) is 25.0 Å². The second kappa shape index (κ2) is 6.54. The summed E-state index contributed by atoms with van der Waals surface area (Å²) in [7, 11) is 0. The van der Waals surface area contributed by atoms with Crippen molar-refractivity contribution in [1.29, 1.82) is 0 Å². The van der Waals surface area contributed by atoms with Crippen molar-refractivity contribution in [3.8, 4) is 11.5 Å². The molecule has 0 aliphatic carbocycles. The lowest BCUT2D eigenvalue weighted by Gasteiger charge is -2.09. The van der Waals surface area contributed by atoms with Crippen LogP contribution in [-0.2, 0) is 16.0 Å². The minimum absolute atomic E-state index is 0.0570. The van der Waals surface area contributed by atoms with Crippen LogP contribution in [0.15, 0.2) is 41.0 Å². The molecule has 0 radical (unpaired) electrons. The Morgan fingerprint density at radius 1 is 1.33 bits per heavy atom. The SMILES string of the molecule is O=C(Cc1coc(-c2ccccc2)n1)NCC1CCCO1. The van der Waals surface area contributed by atoms with Gasteiger partial charge in [0.2, 0.25) is 11.8 Å². The van der Waals surface area contributed by atoms with Crippen LogP contribution in [0.3, 0.4) is 0 Å². The Bertz CT molecular complexity index is 589. The van der Waals surface area contributed by atoms with Crippen molar-refractivity contribution < 1.29 is 13.9 Å². The Morgan fingerprint density at radius 3 is 2.95 bits per heavy atom. The maximum absolute atomic E-state index is 11.9. The molecule has 1 aliphatic heterocycles. The van der Waals surface area contributed by atoms with E-state index in [1.165, 1.54) is 6.26 Å². The van der Waals surface area contributed by atoms with Crippen molar-refractivity contribution >= 4 is 5.91 Å². The van der Waals surface area contributed by atoms with Crippen LogP contribution in [-0.4, -0.2) is 30.1 Å². The van der Waals surface area contributed by atoms with Crippen molar-refractivity contribution in [1.82, 2.24) is 10.3 Å². The van der Waals surface area contributed by atoms with E-state index in [4.69, 9.17) is 9.15 Å². The first-order valence-electron chi connectivity index (χ1n) is 7.19. The van der Waals surface area contributed by atoms with E-state index in [1.807, 2.05) is 30.3 Å². The number of hydrogen-bond donors (Lipinski definition) is 1. The normalized spacial score (nSPS) is 17.8. The molecular formula is C16H18N2O3. The molecule has 1 fully saturated rings. The molecule has 2 aromatic rings. The standard InChI is InChI=1S/C16H18N2O3/c19-15(17-10-14-7-4-8-20-14)9-13-11-21-16(18-13)12-5-2-1-3-6-12/h1-3,5-6,11,14H,4,7-10H2,(H,17,19). The minimum atomic E-state index is -0.0570. The molecule has 3 rings (SSSR count). The number of nitrogens with zero attached hydrogens (tertiary/aromatic N) is 1. The second-order valence-corrected chi connectivity index (χ2v) is 5.13. The summed E-state index contributed by atoms with van der Waals surface area (Å²) >= 11 is 0. The summed E-state index contributed by atoms with van der Waals surface area (Å²) in [6.45, 7) is 1.37.